The van der Waals surface area contributed by atoms with E-state index in [0.29, 0.717) is 11.4 Å². The number of pyridine rings is 1. The summed E-state index contributed by atoms with van der Waals surface area (Å²) in [5, 5.41) is 0.680. The Morgan fingerprint density at radius 2 is 1.48 bits per heavy atom. The Kier molecular flexibility index (Phi) is 5.83. The lowest BCUT2D eigenvalue weighted by molar-refractivity contribution is 0.0977. The van der Waals surface area contributed by atoms with Gasteiger partial charge in [-0.15, -0.1) is 0 Å². The molecular formula is C26H20ClNO. The lowest BCUT2D eigenvalue weighted by atomic mass is 9.83. The minimum atomic E-state index is -0.0989. The van der Waals surface area contributed by atoms with E-state index in [2.05, 4.69) is 17.1 Å². The number of carbonyl (C=O) groups excluding carboxylic acids is 1. The van der Waals surface area contributed by atoms with Crippen LogP contribution in [-0.4, -0.2) is 10.8 Å². The molecule has 1 heterocycles. The van der Waals surface area contributed by atoms with E-state index in [4.69, 9.17) is 11.6 Å². The molecule has 4 aromatic rings. The van der Waals surface area contributed by atoms with Crippen LogP contribution in [0.1, 0.15) is 33.8 Å². The third-order valence-electron chi connectivity index (χ3n) is 5.03. The van der Waals surface area contributed by atoms with Gasteiger partial charge in [0.15, 0.2) is 5.78 Å². The Morgan fingerprint density at radius 3 is 2.21 bits per heavy atom. The molecule has 3 aromatic carbocycles. The molecule has 2 nitrogen and oxygen atoms in total. The van der Waals surface area contributed by atoms with Gasteiger partial charge in [-0.2, -0.15) is 0 Å². The van der Waals surface area contributed by atoms with Crippen molar-refractivity contribution in [3.05, 3.63) is 125 Å². The lowest BCUT2D eigenvalue weighted by Gasteiger charge is -2.21. The number of nitrogens with zero attached hydrogens (tertiary/aromatic N) is 1. The number of hydrogen-bond donors (Lipinski definition) is 0. The fourth-order valence-electron chi connectivity index (χ4n) is 3.59. The highest BCUT2D eigenvalue weighted by molar-refractivity contribution is 6.30. The molecule has 0 radical (unpaired) electrons. The van der Waals surface area contributed by atoms with Gasteiger partial charge in [0.25, 0.3) is 0 Å². The second-order valence-corrected chi connectivity index (χ2v) is 7.34. The molecule has 0 aliphatic heterocycles. The molecule has 0 saturated heterocycles. The van der Waals surface area contributed by atoms with Crippen LogP contribution in [0.2, 0.25) is 5.02 Å². The van der Waals surface area contributed by atoms with Crippen LogP contribution < -0.4 is 0 Å². The third kappa shape index (κ3) is 4.44. The zero-order valence-electron chi connectivity index (χ0n) is 15.8. The van der Waals surface area contributed by atoms with Crippen molar-refractivity contribution in [3.63, 3.8) is 0 Å². The van der Waals surface area contributed by atoms with Gasteiger partial charge in [-0.25, -0.2) is 0 Å². The van der Waals surface area contributed by atoms with Crippen molar-refractivity contribution in [1.29, 1.82) is 0 Å². The van der Waals surface area contributed by atoms with Gasteiger partial charge in [-0.1, -0.05) is 84.4 Å². The monoisotopic (exact) mass is 397 g/mol. The first-order chi connectivity index (χ1) is 14.2. The summed E-state index contributed by atoms with van der Waals surface area (Å²) in [5.74, 6) is 0.0135. The highest BCUT2D eigenvalue weighted by Gasteiger charge is 2.22. The van der Waals surface area contributed by atoms with Crippen molar-refractivity contribution in [3.8, 4) is 11.3 Å². The van der Waals surface area contributed by atoms with E-state index in [1.807, 2.05) is 84.9 Å². The van der Waals surface area contributed by atoms with Crippen LogP contribution in [0.15, 0.2) is 103 Å². The number of benzene rings is 3. The maximum absolute atomic E-state index is 13.1. The molecule has 4 rings (SSSR count). The second-order valence-electron chi connectivity index (χ2n) is 6.90. The number of ketones is 1. The predicted octanol–water partition coefficient (Wildman–Crippen LogP) is 6.81. The van der Waals surface area contributed by atoms with E-state index in [0.717, 1.165) is 27.9 Å². The van der Waals surface area contributed by atoms with Gasteiger partial charge in [0.2, 0.25) is 0 Å². The predicted molar refractivity (Wildman–Crippen MR) is 118 cm³/mol. The van der Waals surface area contributed by atoms with E-state index < -0.39 is 0 Å². The van der Waals surface area contributed by atoms with Crippen molar-refractivity contribution < 1.29 is 4.79 Å². The van der Waals surface area contributed by atoms with Gasteiger partial charge in [0.05, 0.1) is 5.69 Å². The van der Waals surface area contributed by atoms with E-state index in [9.17, 15) is 4.79 Å². The summed E-state index contributed by atoms with van der Waals surface area (Å²) >= 11 is 6.11. The maximum Gasteiger partial charge on any atom is 0.163 e. The Balaban J connectivity index is 1.79. The van der Waals surface area contributed by atoms with E-state index in [1.54, 1.807) is 6.20 Å². The first kappa shape index (κ1) is 19.1. The number of carbonyl (C=O) groups is 1. The molecule has 0 aliphatic carbocycles. The van der Waals surface area contributed by atoms with E-state index in [-0.39, 0.29) is 11.7 Å². The van der Waals surface area contributed by atoms with E-state index >= 15 is 0 Å². The van der Waals surface area contributed by atoms with Crippen molar-refractivity contribution in [2.45, 2.75) is 12.3 Å². The number of rotatable bonds is 6. The molecule has 142 valence electrons. The number of Topliss-reactive ketones (excluding diaryl/α,β-unsaturated/α-hetero) is 1. The first-order valence-electron chi connectivity index (χ1n) is 9.56. The minimum absolute atomic E-state index is 0.0989. The van der Waals surface area contributed by atoms with Gasteiger partial charge in [0, 0.05) is 34.7 Å². The van der Waals surface area contributed by atoms with Crippen LogP contribution in [0.3, 0.4) is 0 Å². The van der Waals surface area contributed by atoms with Crippen molar-refractivity contribution in [2.75, 3.05) is 0 Å². The quantitative estimate of drug-likeness (QED) is 0.334. The highest BCUT2D eigenvalue weighted by atomic mass is 35.5. The normalized spacial score (nSPS) is 11.8. The maximum atomic E-state index is 13.1. The SMILES string of the molecule is O=C(CC(c1ccc(Cl)cc1)c1ccccc1-c1ccccn1)c1ccccc1. The van der Waals surface area contributed by atoms with E-state index in [1.165, 1.54) is 0 Å². The first-order valence-corrected chi connectivity index (χ1v) is 9.94. The molecular weight excluding hydrogens is 378 g/mol. The molecule has 1 unspecified atom stereocenters. The highest BCUT2D eigenvalue weighted by Crippen LogP contribution is 2.36. The lowest BCUT2D eigenvalue weighted by Crippen LogP contribution is -2.10. The molecule has 1 aromatic heterocycles. The minimum Gasteiger partial charge on any atom is -0.294 e. The average Bonchev–Trinajstić information content (AvgIpc) is 2.79. The molecule has 29 heavy (non-hydrogen) atoms. The Bertz CT molecular complexity index is 1090. The molecule has 1 atom stereocenters. The van der Waals surface area contributed by atoms with Crippen molar-refractivity contribution in [2.24, 2.45) is 0 Å². The molecule has 0 N–H and O–H groups in total. The molecule has 0 saturated carbocycles. The summed E-state index contributed by atoms with van der Waals surface area (Å²) in [6.45, 7) is 0. The Labute approximate surface area is 175 Å². The van der Waals surface area contributed by atoms with Crippen molar-refractivity contribution >= 4 is 17.4 Å². The van der Waals surface area contributed by atoms with Gasteiger partial charge >= 0.3 is 0 Å². The molecule has 0 bridgehead atoms. The largest absolute Gasteiger partial charge is 0.294 e. The topological polar surface area (TPSA) is 30.0 Å². The fraction of sp³-hybridized carbons (Fsp3) is 0.0769. The van der Waals surface area contributed by atoms with Crippen LogP contribution in [0.4, 0.5) is 0 Å². The number of aromatic nitrogens is 1. The zero-order chi connectivity index (χ0) is 20.1. The molecule has 0 amide bonds. The molecule has 0 aliphatic rings. The molecule has 0 spiro atoms. The van der Waals surface area contributed by atoms with Crippen molar-refractivity contribution in [1.82, 2.24) is 4.98 Å². The second kappa shape index (κ2) is 8.85. The molecule has 3 heteroatoms. The van der Waals surface area contributed by atoms with Crippen LogP contribution in [0, 0.1) is 0 Å². The number of halogens is 1. The summed E-state index contributed by atoms with van der Waals surface area (Å²) in [5.41, 5.74) is 4.80. The zero-order valence-corrected chi connectivity index (χ0v) is 16.6. The smallest absolute Gasteiger partial charge is 0.163 e. The average molecular weight is 398 g/mol. The van der Waals surface area contributed by atoms with Gasteiger partial charge in [-0.05, 0) is 35.4 Å². The van der Waals surface area contributed by atoms with Crippen LogP contribution in [-0.2, 0) is 0 Å². The van der Waals surface area contributed by atoms with Gasteiger partial charge in [0.1, 0.15) is 0 Å². The summed E-state index contributed by atoms with van der Waals surface area (Å²) in [7, 11) is 0. The summed E-state index contributed by atoms with van der Waals surface area (Å²) in [6.07, 6.45) is 2.16. The van der Waals surface area contributed by atoms with Crippen LogP contribution in [0.5, 0.6) is 0 Å². The third-order valence-corrected chi connectivity index (χ3v) is 5.29. The van der Waals surface area contributed by atoms with Crippen LogP contribution >= 0.6 is 11.6 Å². The summed E-state index contributed by atoms with van der Waals surface area (Å²) < 4.78 is 0. The Hall–Kier alpha value is -3.23. The van der Waals surface area contributed by atoms with Crippen LogP contribution in [0.25, 0.3) is 11.3 Å². The summed E-state index contributed by atoms with van der Waals surface area (Å²) in [6, 6.07) is 31.2. The standard InChI is InChI=1S/C26H20ClNO/c27-21-15-13-19(14-16-21)24(18-26(29)20-8-2-1-3-9-20)22-10-4-5-11-23(22)25-12-6-7-17-28-25/h1-17,24H,18H2. The number of hydrogen-bond acceptors (Lipinski definition) is 2. The summed E-state index contributed by atoms with van der Waals surface area (Å²) in [4.78, 5) is 17.6. The van der Waals surface area contributed by atoms with Gasteiger partial charge in [-0.3, -0.25) is 9.78 Å². The van der Waals surface area contributed by atoms with Gasteiger partial charge < -0.3 is 0 Å². The Morgan fingerprint density at radius 1 is 0.793 bits per heavy atom. The fourth-order valence-corrected chi connectivity index (χ4v) is 3.71. The molecule has 0 fully saturated rings.